The van der Waals surface area contributed by atoms with Gasteiger partial charge in [-0.2, -0.15) is 0 Å². The largest absolute Gasteiger partial charge is 0.467 e. The molecule has 0 amide bonds. The van der Waals surface area contributed by atoms with E-state index in [0.717, 1.165) is 29.6 Å². The van der Waals surface area contributed by atoms with Gasteiger partial charge in [-0.3, -0.25) is 0 Å². The van der Waals surface area contributed by atoms with Gasteiger partial charge in [0.1, 0.15) is 5.76 Å². The third kappa shape index (κ3) is 3.87. The molecule has 0 aliphatic rings. The molecule has 0 bridgehead atoms. The van der Waals surface area contributed by atoms with Crippen molar-refractivity contribution in [3.8, 4) is 0 Å². The molecule has 0 fully saturated rings. The highest BCUT2D eigenvalue weighted by molar-refractivity contribution is 9.10. The third-order valence-corrected chi connectivity index (χ3v) is 3.93. The smallest absolute Gasteiger partial charge is 0.123 e. The van der Waals surface area contributed by atoms with Gasteiger partial charge in [0, 0.05) is 23.2 Å². The van der Waals surface area contributed by atoms with Crippen molar-refractivity contribution in [3.05, 3.63) is 52.4 Å². The monoisotopic (exact) mass is 336 g/mol. The van der Waals surface area contributed by atoms with Crippen LogP contribution in [0.2, 0.25) is 0 Å². The highest BCUT2D eigenvalue weighted by Crippen LogP contribution is 2.26. The lowest BCUT2D eigenvalue weighted by atomic mass is 10.0. The summed E-state index contributed by atoms with van der Waals surface area (Å²) in [5.74, 6) is 0.959. The predicted molar refractivity (Wildman–Crippen MR) is 86.9 cm³/mol. The summed E-state index contributed by atoms with van der Waals surface area (Å²) in [7, 11) is 2.08. The molecular weight excluding hydrogens is 316 g/mol. The Morgan fingerprint density at radius 3 is 2.80 bits per heavy atom. The van der Waals surface area contributed by atoms with E-state index >= 15 is 0 Å². The number of rotatable bonds is 6. The molecule has 2 rings (SSSR count). The fourth-order valence-electron chi connectivity index (χ4n) is 2.24. The number of benzene rings is 1. The Bertz CT molecular complexity index is 539. The lowest BCUT2D eigenvalue weighted by Crippen LogP contribution is -2.24. The van der Waals surface area contributed by atoms with Gasteiger partial charge in [0.05, 0.1) is 12.8 Å². The number of furan rings is 1. The van der Waals surface area contributed by atoms with E-state index in [9.17, 15) is 0 Å². The number of nitrogens with two attached hydrogens (primary N) is 1. The van der Waals surface area contributed by atoms with Crippen LogP contribution in [0.3, 0.4) is 0 Å². The van der Waals surface area contributed by atoms with Gasteiger partial charge < -0.3 is 15.1 Å². The molecule has 0 radical (unpaired) electrons. The molecule has 2 N–H and O–H groups in total. The minimum absolute atomic E-state index is 0.195. The fourth-order valence-corrected chi connectivity index (χ4v) is 2.65. The van der Waals surface area contributed by atoms with Crippen molar-refractivity contribution in [1.82, 2.24) is 0 Å². The standard InChI is InChI=1S/C16H21BrN2O/c1-3-14(18)10-12-9-13(17)6-7-16(12)19(2)11-15-5-4-8-20-15/h4-9,14H,3,10-11,18H2,1-2H3. The van der Waals surface area contributed by atoms with Crippen molar-refractivity contribution < 1.29 is 4.42 Å². The third-order valence-electron chi connectivity index (χ3n) is 3.43. The Kier molecular flexibility index (Phi) is 5.26. The van der Waals surface area contributed by atoms with Crippen molar-refractivity contribution in [2.24, 2.45) is 5.73 Å². The summed E-state index contributed by atoms with van der Waals surface area (Å²) in [6.07, 6.45) is 3.57. The van der Waals surface area contributed by atoms with Crippen LogP contribution in [0.4, 0.5) is 5.69 Å². The maximum absolute atomic E-state index is 6.11. The summed E-state index contributed by atoms with van der Waals surface area (Å²) in [6, 6.07) is 10.5. The van der Waals surface area contributed by atoms with Crippen molar-refractivity contribution in [2.45, 2.75) is 32.4 Å². The molecule has 108 valence electrons. The van der Waals surface area contributed by atoms with Crippen LogP contribution in [-0.4, -0.2) is 13.1 Å². The van der Waals surface area contributed by atoms with Gasteiger partial charge in [0.15, 0.2) is 0 Å². The molecule has 0 spiro atoms. The second-order valence-corrected chi connectivity index (χ2v) is 6.00. The summed E-state index contributed by atoms with van der Waals surface area (Å²) < 4.78 is 6.50. The molecule has 0 saturated carbocycles. The van der Waals surface area contributed by atoms with Gasteiger partial charge in [-0.1, -0.05) is 22.9 Å². The van der Waals surface area contributed by atoms with Gasteiger partial charge in [-0.15, -0.1) is 0 Å². The lowest BCUT2D eigenvalue weighted by molar-refractivity contribution is 0.507. The molecule has 1 aromatic carbocycles. The average Bonchev–Trinajstić information content (AvgIpc) is 2.91. The van der Waals surface area contributed by atoms with E-state index < -0.39 is 0 Å². The molecule has 1 unspecified atom stereocenters. The van der Waals surface area contributed by atoms with Crippen LogP contribution in [0.15, 0.2) is 45.5 Å². The van der Waals surface area contributed by atoms with Gasteiger partial charge in [0.2, 0.25) is 0 Å². The average molecular weight is 337 g/mol. The van der Waals surface area contributed by atoms with Crippen molar-refractivity contribution in [1.29, 1.82) is 0 Å². The van der Waals surface area contributed by atoms with E-state index in [1.807, 2.05) is 12.1 Å². The van der Waals surface area contributed by atoms with Crippen LogP contribution >= 0.6 is 15.9 Å². The van der Waals surface area contributed by atoms with E-state index in [4.69, 9.17) is 10.2 Å². The Hall–Kier alpha value is -1.26. The molecule has 20 heavy (non-hydrogen) atoms. The van der Waals surface area contributed by atoms with Gasteiger partial charge >= 0.3 is 0 Å². The first kappa shape index (κ1) is 15.1. The number of halogens is 1. The summed E-state index contributed by atoms with van der Waals surface area (Å²) in [5.41, 5.74) is 8.58. The number of hydrogen-bond acceptors (Lipinski definition) is 3. The molecule has 2 aromatic rings. The maximum atomic E-state index is 6.11. The normalized spacial score (nSPS) is 12.4. The first-order chi connectivity index (χ1) is 9.60. The van der Waals surface area contributed by atoms with Crippen LogP contribution in [-0.2, 0) is 13.0 Å². The van der Waals surface area contributed by atoms with E-state index in [2.05, 4.69) is 53.0 Å². The number of nitrogens with zero attached hydrogens (tertiary/aromatic N) is 1. The molecule has 0 aliphatic carbocycles. The lowest BCUT2D eigenvalue weighted by Gasteiger charge is -2.23. The summed E-state index contributed by atoms with van der Waals surface area (Å²) in [4.78, 5) is 2.20. The van der Waals surface area contributed by atoms with E-state index in [-0.39, 0.29) is 6.04 Å². The second-order valence-electron chi connectivity index (χ2n) is 5.08. The first-order valence-corrected chi connectivity index (χ1v) is 7.67. The molecule has 3 nitrogen and oxygen atoms in total. The predicted octanol–water partition coefficient (Wildman–Crippen LogP) is 3.96. The minimum Gasteiger partial charge on any atom is -0.467 e. The summed E-state index contributed by atoms with van der Waals surface area (Å²) in [5, 5.41) is 0. The molecule has 1 aromatic heterocycles. The number of anilines is 1. The van der Waals surface area contributed by atoms with Crippen LogP contribution < -0.4 is 10.6 Å². The zero-order valence-electron chi connectivity index (χ0n) is 12.0. The summed E-state index contributed by atoms with van der Waals surface area (Å²) in [6.45, 7) is 2.87. The zero-order chi connectivity index (χ0) is 14.5. The molecule has 1 atom stereocenters. The van der Waals surface area contributed by atoms with Gasteiger partial charge in [-0.05, 0) is 48.7 Å². The van der Waals surface area contributed by atoms with Crippen molar-refractivity contribution >= 4 is 21.6 Å². The second kappa shape index (κ2) is 6.95. The molecule has 1 heterocycles. The minimum atomic E-state index is 0.195. The Balaban J connectivity index is 2.20. The molecule has 4 heteroatoms. The highest BCUT2D eigenvalue weighted by Gasteiger charge is 2.12. The maximum Gasteiger partial charge on any atom is 0.123 e. The molecular formula is C16H21BrN2O. The van der Waals surface area contributed by atoms with Gasteiger partial charge in [0.25, 0.3) is 0 Å². The Morgan fingerprint density at radius 1 is 1.35 bits per heavy atom. The van der Waals surface area contributed by atoms with E-state index in [1.165, 1.54) is 11.3 Å². The molecule has 0 saturated heterocycles. The van der Waals surface area contributed by atoms with Crippen LogP contribution in [0, 0.1) is 0 Å². The number of hydrogen-bond donors (Lipinski definition) is 1. The van der Waals surface area contributed by atoms with Gasteiger partial charge in [-0.25, -0.2) is 0 Å². The first-order valence-electron chi connectivity index (χ1n) is 6.87. The zero-order valence-corrected chi connectivity index (χ0v) is 13.6. The topological polar surface area (TPSA) is 42.4 Å². The fraction of sp³-hybridized carbons (Fsp3) is 0.375. The molecule has 0 aliphatic heterocycles. The van der Waals surface area contributed by atoms with Crippen LogP contribution in [0.5, 0.6) is 0 Å². The quantitative estimate of drug-likeness (QED) is 0.868. The Morgan fingerprint density at radius 2 is 2.15 bits per heavy atom. The summed E-state index contributed by atoms with van der Waals surface area (Å²) >= 11 is 3.54. The van der Waals surface area contributed by atoms with E-state index in [1.54, 1.807) is 6.26 Å². The van der Waals surface area contributed by atoms with Crippen molar-refractivity contribution in [3.63, 3.8) is 0 Å². The van der Waals surface area contributed by atoms with E-state index in [0.29, 0.717) is 0 Å². The van der Waals surface area contributed by atoms with Crippen LogP contribution in [0.1, 0.15) is 24.7 Å². The Labute approximate surface area is 128 Å². The van der Waals surface area contributed by atoms with Crippen LogP contribution in [0.25, 0.3) is 0 Å². The SMILES string of the molecule is CCC(N)Cc1cc(Br)ccc1N(C)Cc1ccco1. The van der Waals surface area contributed by atoms with Crippen molar-refractivity contribution in [2.75, 3.05) is 11.9 Å². The highest BCUT2D eigenvalue weighted by atomic mass is 79.9.